The molecule has 0 rings (SSSR count). The van der Waals surface area contributed by atoms with Crippen LogP contribution in [0.25, 0.3) is 0 Å². The lowest BCUT2D eigenvalue weighted by Crippen LogP contribution is -2.07. The Balaban J connectivity index is 3.85. The van der Waals surface area contributed by atoms with Gasteiger partial charge in [-0.1, -0.05) is 27.2 Å². The zero-order valence-electron chi connectivity index (χ0n) is 7.09. The molecule has 0 saturated carbocycles. The molecule has 0 spiro atoms. The van der Waals surface area contributed by atoms with Crippen LogP contribution in [0.5, 0.6) is 0 Å². The first-order valence-corrected chi connectivity index (χ1v) is 3.86. The van der Waals surface area contributed by atoms with Crippen LogP contribution in [-0.2, 0) is 0 Å². The molecule has 2 nitrogen and oxygen atoms in total. The van der Waals surface area contributed by atoms with E-state index in [4.69, 9.17) is 5.11 Å². The summed E-state index contributed by atoms with van der Waals surface area (Å²) in [5.74, 6) is 0.479. The molecule has 0 bridgehead atoms. The number of nitrogens with zero attached hydrogens (tertiary/aromatic N) is 1. The Morgan fingerprint density at radius 1 is 1.50 bits per heavy atom. The highest BCUT2D eigenvalue weighted by atomic mass is 16.3. The molecule has 0 atom stereocenters. The number of aliphatic imine (C=N–C) groups is 1. The third-order valence-corrected chi connectivity index (χ3v) is 1.45. The van der Waals surface area contributed by atoms with Crippen molar-refractivity contribution in [3.63, 3.8) is 0 Å². The van der Waals surface area contributed by atoms with Crippen LogP contribution in [0.3, 0.4) is 0 Å². The van der Waals surface area contributed by atoms with E-state index in [9.17, 15) is 0 Å². The summed E-state index contributed by atoms with van der Waals surface area (Å²) in [6.07, 6.45) is 2.12. The number of aliphatic hydroxyl groups is 1. The normalized spacial score (nSPS) is 12.7. The highest BCUT2D eigenvalue weighted by Gasteiger charge is 2.01. The molecular formula is C8H17NO. The molecule has 0 saturated heterocycles. The molecule has 0 unspecified atom stereocenters. The second kappa shape index (κ2) is 5.42. The van der Waals surface area contributed by atoms with E-state index in [0.717, 1.165) is 18.6 Å². The summed E-state index contributed by atoms with van der Waals surface area (Å²) in [6, 6.07) is 0. The fourth-order valence-electron chi connectivity index (χ4n) is 0.897. The maximum absolute atomic E-state index is 8.52. The Morgan fingerprint density at radius 2 is 2.10 bits per heavy atom. The van der Waals surface area contributed by atoms with Crippen LogP contribution in [-0.4, -0.2) is 17.5 Å². The molecule has 0 radical (unpaired) electrons. The van der Waals surface area contributed by atoms with Gasteiger partial charge in [-0.25, -0.2) is 0 Å². The molecule has 0 aromatic heterocycles. The third kappa shape index (κ3) is 3.62. The second-order valence-corrected chi connectivity index (χ2v) is 2.70. The Bertz CT molecular complexity index is 108. The molecule has 0 fully saturated rings. The lowest BCUT2D eigenvalue weighted by molar-refractivity contribution is 0.308. The maximum atomic E-state index is 8.52. The Labute approximate surface area is 63.0 Å². The molecule has 0 aromatic rings. The summed E-state index contributed by atoms with van der Waals surface area (Å²) < 4.78 is 0. The van der Waals surface area contributed by atoms with Gasteiger partial charge in [0.05, 0.1) is 0 Å². The number of hydrogen-bond acceptors (Lipinski definition) is 2. The van der Waals surface area contributed by atoms with Crippen molar-refractivity contribution in [2.24, 2.45) is 10.9 Å². The van der Waals surface area contributed by atoms with Crippen LogP contribution in [0.2, 0.25) is 0 Å². The van der Waals surface area contributed by atoms with E-state index in [2.05, 4.69) is 25.8 Å². The van der Waals surface area contributed by atoms with E-state index in [-0.39, 0.29) is 6.73 Å². The smallest absolute Gasteiger partial charge is 0.134 e. The maximum Gasteiger partial charge on any atom is 0.134 e. The van der Waals surface area contributed by atoms with Crippen molar-refractivity contribution in [2.45, 2.75) is 33.6 Å². The Kier molecular flexibility index (Phi) is 5.22. The van der Waals surface area contributed by atoms with E-state index >= 15 is 0 Å². The number of aliphatic hydroxyl groups excluding tert-OH is 1. The third-order valence-electron chi connectivity index (χ3n) is 1.45. The number of rotatable bonds is 4. The van der Waals surface area contributed by atoms with E-state index in [1.807, 2.05) is 0 Å². The van der Waals surface area contributed by atoms with E-state index in [1.165, 1.54) is 0 Å². The summed E-state index contributed by atoms with van der Waals surface area (Å²) in [4.78, 5) is 3.99. The average Bonchev–Trinajstić information content (AvgIpc) is 1.87. The first kappa shape index (κ1) is 9.63. The first-order valence-electron chi connectivity index (χ1n) is 3.86. The molecule has 0 aliphatic carbocycles. The fraction of sp³-hybridized carbons (Fsp3) is 0.875. The van der Waals surface area contributed by atoms with Crippen molar-refractivity contribution in [3.05, 3.63) is 0 Å². The highest BCUT2D eigenvalue weighted by molar-refractivity contribution is 5.86. The largest absolute Gasteiger partial charge is 0.375 e. The van der Waals surface area contributed by atoms with E-state index in [1.54, 1.807) is 0 Å². The summed E-state index contributed by atoms with van der Waals surface area (Å²) >= 11 is 0. The molecule has 0 aliphatic rings. The standard InChI is InChI=1S/C8H17NO/c1-4-5-8(7(2)3)9-6-10/h7,10H,4-6H2,1-3H3/b9-8-. The monoisotopic (exact) mass is 143 g/mol. The quantitative estimate of drug-likeness (QED) is 0.598. The van der Waals surface area contributed by atoms with Crippen molar-refractivity contribution in [2.75, 3.05) is 6.73 Å². The fourth-order valence-corrected chi connectivity index (χ4v) is 0.897. The summed E-state index contributed by atoms with van der Waals surface area (Å²) in [6.45, 7) is 6.26. The highest BCUT2D eigenvalue weighted by Crippen LogP contribution is 2.03. The molecule has 60 valence electrons. The van der Waals surface area contributed by atoms with Gasteiger partial charge >= 0.3 is 0 Å². The van der Waals surface area contributed by atoms with Crippen LogP contribution in [0.15, 0.2) is 4.99 Å². The SMILES string of the molecule is CCC/C(=N/CO)C(C)C. The predicted octanol–water partition coefficient (Wildman–Crippen LogP) is 1.83. The van der Waals surface area contributed by atoms with Gasteiger partial charge in [0.1, 0.15) is 6.73 Å². The minimum Gasteiger partial charge on any atom is -0.375 e. The van der Waals surface area contributed by atoms with Gasteiger partial charge in [0.25, 0.3) is 0 Å². The van der Waals surface area contributed by atoms with Gasteiger partial charge < -0.3 is 5.11 Å². The molecule has 0 amide bonds. The molecule has 0 aliphatic heterocycles. The summed E-state index contributed by atoms with van der Waals surface area (Å²) in [7, 11) is 0. The molecule has 2 heteroatoms. The minimum atomic E-state index is -0.0620. The Hall–Kier alpha value is -0.370. The topological polar surface area (TPSA) is 32.6 Å². The zero-order valence-corrected chi connectivity index (χ0v) is 7.09. The van der Waals surface area contributed by atoms with Gasteiger partial charge in [0.15, 0.2) is 0 Å². The number of hydrogen-bond donors (Lipinski definition) is 1. The van der Waals surface area contributed by atoms with E-state index < -0.39 is 0 Å². The van der Waals surface area contributed by atoms with Gasteiger partial charge in [-0.05, 0) is 12.3 Å². The van der Waals surface area contributed by atoms with Crippen LogP contribution >= 0.6 is 0 Å². The van der Waals surface area contributed by atoms with Crippen LogP contribution < -0.4 is 0 Å². The molecule has 0 aromatic carbocycles. The molecule has 0 heterocycles. The molecular weight excluding hydrogens is 126 g/mol. The second-order valence-electron chi connectivity index (χ2n) is 2.70. The van der Waals surface area contributed by atoms with Crippen molar-refractivity contribution >= 4 is 5.71 Å². The lowest BCUT2D eigenvalue weighted by Gasteiger charge is -2.07. The first-order chi connectivity index (χ1) is 4.72. The van der Waals surface area contributed by atoms with Crippen LogP contribution in [0.4, 0.5) is 0 Å². The Morgan fingerprint density at radius 3 is 2.40 bits per heavy atom. The van der Waals surface area contributed by atoms with Gasteiger partial charge in [-0.15, -0.1) is 0 Å². The molecule has 1 N–H and O–H groups in total. The van der Waals surface area contributed by atoms with Gasteiger partial charge in [-0.2, -0.15) is 0 Å². The summed E-state index contributed by atoms with van der Waals surface area (Å²) in [5.41, 5.74) is 1.13. The van der Waals surface area contributed by atoms with Gasteiger partial charge in [-0.3, -0.25) is 4.99 Å². The van der Waals surface area contributed by atoms with Crippen molar-refractivity contribution < 1.29 is 5.11 Å². The van der Waals surface area contributed by atoms with Crippen molar-refractivity contribution in [3.8, 4) is 0 Å². The van der Waals surface area contributed by atoms with Crippen molar-refractivity contribution in [1.29, 1.82) is 0 Å². The zero-order chi connectivity index (χ0) is 7.98. The molecule has 10 heavy (non-hydrogen) atoms. The van der Waals surface area contributed by atoms with Crippen molar-refractivity contribution in [1.82, 2.24) is 0 Å². The average molecular weight is 143 g/mol. The minimum absolute atomic E-state index is 0.0620. The predicted molar refractivity (Wildman–Crippen MR) is 44.3 cm³/mol. The summed E-state index contributed by atoms with van der Waals surface area (Å²) in [5, 5.41) is 8.52. The lowest BCUT2D eigenvalue weighted by atomic mass is 10.0. The van der Waals surface area contributed by atoms with Gasteiger partial charge in [0.2, 0.25) is 0 Å². The van der Waals surface area contributed by atoms with Gasteiger partial charge in [0, 0.05) is 5.71 Å². The van der Waals surface area contributed by atoms with Crippen LogP contribution in [0, 0.1) is 5.92 Å². The van der Waals surface area contributed by atoms with Crippen LogP contribution in [0.1, 0.15) is 33.6 Å². The van der Waals surface area contributed by atoms with E-state index in [0.29, 0.717) is 5.92 Å².